The molecule has 0 aromatic heterocycles. The normalized spacial score (nSPS) is 28.7. The minimum Gasteiger partial charge on any atom is -0.374 e. The van der Waals surface area contributed by atoms with Crippen LogP contribution in [0, 0.1) is 12.3 Å². The number of hydrogen-bond acceptors (Lipinski definition) is 2. The first-order valence-electron chi connectivity index (χ1n) is 9.98. The first-order valence-corrected chi connectivity index (χ1v) is 9.98. The van der Waals surface area contributed by atoms with Gasteiger partial charge in [-0.15, -0.1) is 0 Å². The third-order valence-electron chi connectivity index (χ3n) is 6.49. The van der Waals surface area contributed by atoms with Crippen molar-refractivity contribution in [2.75, 3.05) is 6.54 Å². The Bertz CT molecular complexity index is 989. The van der Waals surface area contributed by atoms with Crippen LogP contribution in [0.25, 0.3) is 0 Å². The predicted octanol–water partition coefficient (Wildman–Crippen LogP) is 4.91. The average molecular weight is 421 g/mol. The number of fused-ring (bicyclic) bond motifs is 2. The number of rotatable bonds is 2. The van der Waals surface area contributed by atoms with Gasteiger partial charge in [-0.25, -0.2) is 4.39 Å². The van der Waals surface area contributed by atoms with E-state index in [0.29, 0.717) is 37.1 Å². The highest BCUT2D eigenvalue weighted by Crippen LogP contribution is 2.65. The van der Waals surface area contributed by atoms with Gasteiger partial charge >= 0.3 is 6.18 Å². The van der Waals surface area contributed by atoms with Gasteiger partial charge in [-0.05, 0) is 50.3 Å². The van der Waals surface area contributed by atoms with Crippen molar-refractivity contribution >= 4 is 5.91 Å². The number of aryl methyl sites for hydroxylation is 1. The summed E-state index contributed by atoms with van der Waals surface area (Å²) < 4.78 is 55.0. The van der Waals surface area contributed by atoms with Crippen molar-refractivity contribution in [3.63, 3.8) is 0 Å². The van der Waals surface area contributed by atoms with E-state index < -0.39 is 23.0 Å². The Morgan fingerprint density at radius 2 is 1.87 bits per heavy atom. The molecule has 0 bridgehead atoms. The minimum atomic E-state index is -5.14. The molecule has 0 saturated carbocycles. The number of carbonyl (C=O) groups is 1. The van der Waals surface area contributed by atoms with Gasteiger partial charge in [0.15, 0.2) is 0 Å². The molecule has 1 N–H and O–H groups in total. The van der Waals surface area contributed by atoms with Gasteiger partial charge in [0.05, 0.1) is 11.8 Å². The maximum Gasteiger partial charge on any atom is 0.424 e. The van der Waals surface area contributed by atoms with Crippen LogP contribution in [-0.4, -0.2) is 34.2 Å². The highest BCUT2D eigenvalue weighted by atomic mass is 19.4. The van der Waals surface area contributed by atoms with Crippen LogP contribution in [0.4, 0.5) is 17.6 Å². The van der Waals surface area contributed by atoms with Crippen LogP contribution >= 0.6 is 0 Å². The van der Waals surface area contributed by atoms with Gasteiger partial charge in [0.25, 0.3) is 0 Å². The van der Waals surface area contributed by atoms with E-state index in [1.807, 2.05) is 31.2 Å². The number of benzene rings is 1. The standard InChI is InChI=1S/C23H23F4NO2/c1-14-6-8-15(9-7-14)11-19(29)28-10-4-3-5-16-13-21(2)17(12-18(16)28)20(24)22(21,30)23(25,26)27/h6-9,12-13,30H,3-5,10-11H2,1-2H3. The number of amides is 1. The molecule has 2 aliphatic carbocycles. The van der Waals surface area contributed by atoms with E-state index in [4.69, 9.17) is 0 Å². The van der Waals surface area contributed by atoms with Crippen LogP contribution in [0.5, 0.6) is 0 Å². The monoisotopic (exact) mass is 421 g/mol. The maximum atomic E-state index is 14.5. The van der Waals surface area contributed by atoms with Crippen LogP contribution in [0.3, 0.4) is 0 Å². The Balaban J connectivity index is 1.71. The molecule has 2 atom stereocenters. The Kier molecular flexibility index (Phi) is 4.73. The van der Waals surface area contributed by atoms with Crippen molar-refractivity contribution in [1.82, 2.24) is 4.90 Å². The summed E-state index contributed by atoms with van der Waals surface area (Å²) in [6.07, 6.45) is -0.497. The Labute approximate surface area is 172 Å². The Hall–Kier alpha value is -2.41. The summed E-state index contributed by atoms with van der Waals surface area (Å²) in [6.45, 7) is 3.57. The first kappa shape index (κ1) is 20.8. The van der Waals surface area contributed by atoms with Crippen LogP contribution in [0.2, 0.25) is 0 Å². The minimum absolute atomic E-state index is 0.149. The third kappa shape index (κ3) is 2.86. The van der Waals surface area contributed by atoms with E-state index in [2.05, 4.69) is 0 Å². The zero-order valence-corrected chi connectivity index (χ0v) is 16.8. The van der Waals surface area contributed by atoms with Crippen LogP contribution in [0.15, 0.2) is 59.1 Å². The predicted molar refractivity (Wildman–Crippen MR) is 104 cm³/mol. The lowest BCUT2D eigenvalue weighted by atomic mass is 9.54. The SMILES string of the molecule is Cc1ccc(CC(=O)N2CCCCC3=CC4(C)C(=C(F)C4(O)C(F)(F)F)C=C32)cc1. The van der Waals surface area contributed by atoms with Crippen LogP contribution < -0.4 is 0 Å². The number of nitrogens with zero attached hydrogens (tertiary/aromatic N) is 1. The number of aliphatic hydroxyl groups is 1. The third-order valence-corrected chi connectivity index (χ3v) is 6.49. The summed E-state index contributed by atoms with van der Waals surface area (Å²) in [5, 5.41) is 10.2. The second-order valence-electron chi connectivity index (χ2n) is 8.50. The molecular formula is C23H23F4NO2. The molecule has 1 amide bonds. The molecule has 2 unspecified atom stereocenters. The van der Waals surface area contributed by atoms with E-state index in [1.165, 1.54) is 19.1 Å². The zero-order chi connectivity index (χ0) is 21.9. The fourth-order valence-electron chi connectivity index (χ4n) is 4.64. The quantitative estimate of drug-likeness (QED) is 0.690. The fraction of sp³-hybridized carbons (Fsp3) is 0.435. The van der Waals surface area contributed by atoms with Crippen molar-refractivity contribution in [2.45, 2.75) is 51.3 Å². The Morgan fingerprint density at radius 1 is 1.20 bits per heavy atom. The van der Waals surface area contributed by atoms with Gasteiger partial charge in [0, 0.05) is 17.8 Å². The second-order valence-corrected chi connectivity index (χ2v) is 8.50. The molecule has 3 nitrogen and oxygen atoms in total. The van der Waals surface area contributed by atoms with E-state index in [-0.39, 0.29) is 17.9 Å². The van der Waals surface area contributed by atoms with Crippen molar-refractivity contribution in [1.29, 1.82) is 0 Å². The number of alkyl halides is 3. The van der Waals surface area contributed by atoms with E-state index in [1.54, 1.807) is 4.90 Å². The molecule has 1 fully saturated rings. The summed E-state index contributed by atoms with van der Waals surface area (Å²) in [7, 11) is 0. The van der Waals surface area contributed by atoms with Crippen molar-refractivity contribution in [3.8, 4) is 0 Å². The molecule has 0 radical (unpaired) electrons. The Morgan fingerprint density at radius 3 is 2.50 bits per heavy atom. The molecule has 160 valence electrons. The zero-order valence-electron chi connectivity index (χ0n) is 16.8. The molecule has 4 rings (SSSR count). The lowest BCUT2D eigenvalue weighted by molar-refractivity contribution is -0.288. The molecule has 3 aliphatic rings. The van der Waals surface area contributed by atoms with Gasteiger partial charge < -0.3 is 10.0 Å². The van der Waals surface area contributed by atoms with Gasteiger partial charge in [0.2, 0.25) is 11.5 Å². The molecule has 1 aromatic carbocycles. The van der Waals surface area contributed by atoms with Gasteiger partial charge in [-0.3, -0.25) is 4.79 Å². The van der Waals surface area contributed by atoms with Gasteiger partial charge in [-0.2, -0.15) is 13.2 Å². The number of hydrogen-bond donors (Lipinski definition) is 1. The number of allylic oxidation sites excluding steroid dienone is 2. The van der Waals surface area contributed by atoms with Crippen LogP contribution in [0.1, 0.15) is 37.3 Å². The van der Waals surface area contributed by atoms with E-state index >= 15 is 0 Å². The average Bonchev–Trinajstić information content (AvgIpc) is 2.88. The summed E-state index contributed by atoms with van der Waals surface area (Å²) in [4.78, 5) is 14.6. The largest absolute Gasteiger partial charge is 0.424 e. The second kappa shape index (κ2) is 6.80. The molecule has 30 heavy (non-hydrogen) atoms. The molecule has 1 aromatic rings. The van der Waals surface area contributed by atoms with Gasteiger partial charge in [0.1, 0.15) is 5.83 Å². The number of likely N-dealkylation sites (tertiary alicyclic amines) is 1. The molecule has 7 heteroatoms. The molecule has 1 heterocycles. The van der Waals surface area contributed by atoms with Crippen molar-refractivity contribution in [2.24, 2.45) is 5.41 Å². The highest BCUT2D eigenvalue weighted by molar-refractivity contribution is 5.82. The fourth-order valence-corrected chi connectivity index (χ4v) is 4.64. The number of halogens is 4. The highest BCUT2D eigenvalue weighted by Gasteiger charge is 2.75. The smallest absolute Gasteiger partial charge is 0.374 e. The van der Waals surface area contributed by atoms with E-state index in [0.717, 1.165) is 11.1 Å². The van der Waals surface area contributed by atoms with Crippen molar-refractivity contribution in [3.05, 3.63) is 70.2 Å². The summed E-state index contributed by atoms with van der Waals surface area (Å²) >= 11 is 0. The molecule has 0 spiro atoms. The lowest BCUT2D eigenvalue weighted by Crippen LogP contribution is -2.65. The van der Waals surface area contributed by atoms with E-state index in [9.17, 15) is 27.5 Å². The molecule has 1 aliphatic heterocycles. The summed E-state index contributed by atoms with van der Waals surface area (Å²) in [5.74, 6) is -1.77. The first-order chi connectivity index (χ1) is 14.0. The summed E-state index contributed by atoms with van der Waals surface area (Å²) in [6, 6.07) is 7.56. The topological polar surface area (TPSA) is 40.5 Å². The lowest BCUT2D eigenvalue weighted by Gasteiger charge is -2.54. The van der Waals surface area contributed by atoms with Crippen molar-refractivity contribution < 1.29 is 27.5 Å². The summed E-state index contributed by atoms with van der Waals surface area (Å²) in [5.41, 5.74) is -2.75. The maximum absolute atomic E-state index is 14.5. The molecule has 1 saturated heterocycles. The van der Waals surface area contributed by atoms with Gasteiger partial charge in [-0.1, -0.05) is 35.9 Å². The molecular weight excluding hydrogens is 398 g/mol. The number of carbonyl (C=O) groups excluding carboxylic acids is 1. The van der Waals surface area contributed by atoms with Crippen LogP contribution in [-0.2, 0) is 11.2 Å².